The summed E-state index contributed by atoms with van der Waals surface area (Å²) in [5.74, 6) is -0.466. The van der Waals surface area contributed by atoms with Crippen molar-refractivity contribution in [3.8, 4) is 0 Å². The van der Waals surface area contributed by atoms with E-state index in [1.54, 1.807) is 6.07 Å². The topological polar surface area (TPSA) is 79.5 Å². The number of carboxylic acids is 1. The highest BCUT2D eigenvalue weighted by Gasteiger charge is 2.32. The van der Waals surface area contributed by atoms with Crippen molar-refractivity contribution in [3.63, 3.8) is 0 Å². The molecule has 0 bridgehead atoms. The fraction of sp³-hybridized carbons (Fsp3) is 0.286. The quantitative estimate of drug-likeness (QED) is 0.879. The minimum atomic E-state index is -0.902. The molecule has 20 heavy (non-hydrogen) atoms. The second kappa shape index (κ2) is 4.96. The number of carbonyl (C=O) groups is 1. The third-order valence-electron chi connectivity index (χ3n) is 3.32. The lowest BCUT2D eigenvalue weighted by atomic mass is 10.1. The van der Waals surface area contributed by atoms with Gasteiger partial charge >= 0.3 is 5.97 Å². The van der Waals surface area contributed by atoms with Crippen LogP contribution in [0.4, 0.5) is 0 Å². The number of nitrogens with one attached hydrogen (secondary N) is 1. The van der Waals surface area contributed by atoms with Crippen LogP contribution >= 0.6 is 11.8 Å². The summed E-state index contributed by atoms with van der Waals surface area (Å²) in [5.41, 5.74) is 1.93. The van der Waals surface area contributed by atoms with Gasteiger partial charge in [-0.25, -0.2) is 0 Å². The van der Waals surface area contributed by atoms with E-state index in [-0.39, 0.29) is 10.8 Å². The summed E-state index contributed by atoms with van der Waals surface area (Å²) in [5, 5.41) is 12.1. The van der Waals surface area contributed by atoms with Crippen molar-refractivity contribution >= 4 is 28.7 Å². The maximum atomic E-state index is 12.4. The molecule has 1 fully saturated rings. The molecule has 0 amide bonds. The van der Waals surface area contributed by atoms with Gasteiger partial charge in [0.2, 0.25) is 0 Å². The molecule has 0 spiro atoms. The predicted octanol–water partition coefficient (Wildman–Crippen LogP) is 1.89. The van der Waals surface area contributed by atoms with Gasteiger partial charge in [-0.05, 0) is 24.6 Å². The minimum Gasteiger partial charge on any atom is -0.480 e. The summed E-state index contributed by atoms with van der Waals surface area (Å²) in [6.45, 7) is 1.93. The molecule has 5 nitrogen and oxygen atoms in total. The molecular weight excluding hydrogens is 278 g/mol. The van der Waals surface area contributed by atoms with Crippen LogP contribution in [0.25, 0.3) is 11.0 Å². The number of fused-ring (bicyclic) bond motifs is 1. The van der Waals surface area contributed by atoms with Gasteiger partial charge in [0.05, 0.1) is 16.3 Å². The van der Waals surface area contributed by atoms with E-state index in [4.69, 9.17) is 9.52 Å². The van der Waals surface area contributed by atoms with Crippen molar-refractivity contribution in [2.24, 2.45) is 0 Å². The molecular formula is C14H13NO4S. The largest absolute Gasteiger partial charge is 0.480 e. The molecule has 0 radical (unpaired) electrons. The van der Waals surface area contributed by atoms with Crippen LogP contribution < -0.4 is 10.7 Å². The Kier molecular flexibility index (Phi) is 3.27. The Balaban J connectivity index is 2.01. The molecule has 6 heteroatoms. The van der Waals surface area contributed by atoms with Crippen molar-refractivity contribution in [1.82, 2.24) is 5.32 Å². The Morgan fingerprint density at radius 1 is 1.50 bits per heavy atom. The van der Waals surface area contributed by atoms with Crippen molar-refractivity contribution in [2.45, 2.75) is 18.3 Å². The number of hydrogen-bond donors (Lipinski definition) is 2. The van der Waals surface area contributed by atoms with E-state index in [1.165, 1.54) is 18.0 Å². The van der Waals surface area contributed by atoms with Crippen LogP contribution in [-0.4, -0.2) is 22.9 Å². The van der Waals surface area contributed by atoms with Gasteiger partial charge in [0.15, 0.2) is 5.43 Å². The number of rotatable bonds is 2. The van der Waals surface area contributed by atoms with E-state index >= 15 is 0 Å². The van der Waals surface area contributed by atoms with Crippen LogP contribution in [0, 0.1) is 6.92 Å². The van der Waals surface area contributed by atoms with E-state index in [0.717, 1.165) is 5.56 Å². The maximum absolute atomic E-state index is 12.4. The number of thioether (sulfide) groups is 1. The van der Waals surface area contributed by atoms with Gasteiger partial charge in [-0.2, -0.15) is 0 Å². The van der Waals surface area contributed by atoms with Crippen molar-refractivity contribution < 1.29 is 14.3 Å². The van der Waals surface area contributed by atoms with Gasteiger partial charge in [-0.1, -0.05) is 6.07 Å². The first-order valence-electron chi connectivity index (χ1n) is 6.19. The number of aliphatic carboxylic acids is 1. The van der Waals surface area contributed by atoms with Gasteiger partial charge in [-0.3, -0.25) is 14.9 Å². The summed E-state index contributed by atoms with van der Waals surface area (Å²) in [6, 6.07) is 4.79. The number of carboxylic acid groups (broad SMARTS) is 1. The highest BCUT2D eigenvalue weighted by atomic mass is 32.2. The molecule has 1 aromatic heterocycles. The molecule has 2 unspecified atom stereocenters. The lowest BCUT2D eigenvalue weighted by Gasteiger charge is -2.10. The SMILES string of the molecule is Cc1ccc2c(=O)c(C3NC(C(=O)O)CS3)coc2c1. The Morgan fingerprint density at radius 2 is 2.30 bits per heavy atom. The highest BCUT2D eigenvalue weighted by Crippen LogP contribution is 2.32. The van der Waals surface area contributed by atoms with E-state index in [1.807, 2.05) is 19.1 Å². The zero-order chi connectivity index (χ0) is 14.3. The van der Waals surface area contributed by atoms with Gasteiger partial charge in [0.25, 0.3) is 0 Å². The maximum Gasteiger partial charge on any atom is 0.321 e. The zero-order valence-corrected chi connectivity index (χ0v) is 11.6. The fourth-order valence-electron chi connectivity index (χ4n) is 2.23. The van der Waals surface area contributed by atoms with E-state index in [9.17, 15) is 9.59 Å². The first kappa shape index (κ1) is 13.2. The second-order valence-electron chi connectivity index (χ2n) is 4.79. The molecule has 2 N–H and O–H groups in total. The van der Waals surface area contributed by atoms with Gasteiger partial charge in [0, 0.05) is 5.75 Å². The molecule has 0 aliphatic carbocycles. The van der Waals surface area contributed by atoms with Crippen LogP contribution in [0.5, 0.6) is 0 Å². The third kappa shape index (κ3) is 2.21. The molecule has 1 saturated heterocycles. The number of aryl methyl sites for hydroxylation is 1. The first-order valence-corrected chi connectivity index (χ1v) is 7.23. The Bertz CT molecular complexity index is 740. The molecule has 2 atom stereocenters. The van der Waals surface area contributed by atoms with Crippen molar-refractivity contribution in [1.29, 1.82) is 0 Å². The Hall–Kier alpha value is -1.79. The molecule has 2 aromatic rings. The summed E-state index contributed by atoms with van der Waals surface area (Å²) in [4.78, 5) is 23.4. The smallest absolute Gasteiger partial charge is 0.321 e. The van der Waals surface area contributed by atoms with Crippen LogP contribution in [0.3, 0.4) is 0 Å². The molecule has 1 aliphatic heterocycles. The van der Waals surface area contributed by atoms with Crippen LogP contribution in [-0.2, 0) is 4.79 Å². The lowest BCUT2D eigenvalue weighted by molar-refractivity contribution is -0.138. The molecule has 1 aliphatic rings. The molecule has 1 aromatic carbocycles. The number of hydrogen-bond acceptors (Lipinski definition) is 5. The monoisotopic (exact) mass is 291 g/mol. The van der Waals surface area contributed by atoms with Crippen molar-refractivity contribution in [2.75, 3.05) is 5.75 Å². The minimum absolute atomic E-state index is 0.109. The normalized spacial score (nSPS) is 22.2. The third-order valence-corrected chi connectivity index (χ3v) is 4.57. The van der Waals surface area contributed by atoms with Crippen molar-refractivity contribution in [3.05, 3.63) is 45.8 Å². The highest BCUT2D eigenvalue weighted by molar-refractivity contribution is 7.99. The van der Waals surface area contributed by atoms with Gasteiger partial charge in [-0.15, -0.1) is 11.8 Å². The van der Waals surface area contributed by atoms with Gasteiger partial charge in [0.1, 0.15) is 17.9 Å². The standard InChI is InChI=1S/C14H13NO4S/c1-7-2-3-8-11(4-7)19-5-9(12(8)16)13-15-10(6-20-13)14(17)18/h2-5,10,13,15H,6H2,1H3,(H,17,18). The van der Waals surface area contributed by atoms with Crippen LogP contribution in [0.15, 0.2) is 33.7 Å². The summed E-state index contributed by atoms with van der Waals surface area (Å²) < 4.78 is 5.51. The van der Waals surface area contributed by atoms with Gasteiger partial charge < -0.3 is 9.52 Å². The van der Waals surface area contributed by atoms with Crippen LogP contribution in [0.2, 0.25) is 0 Å². The lowest BCUT2D eigenvalue weighted by Crippen LogP contribution is -2.34. The predicted molar refractivity (Wildman–Crippen MR) is 77.0 cm³/mol. The number of benzene rings is 1. The average Bonchev–Trinajstić information content (AvgIpc) is 2.88. The Labute approximate surface area is 119 Å². The zero-order valence-electron chi connectivity index (χ0n) is 10.8. The molecule has 0 saturated carbocycles. The second-order valence-corrected chi connectivity index (χ2v) is 5.93. The van der Waals surface area contributed by atoms with E-state index < -0.39 is 12.0 Å². The Morgan fingerprint density at radius 3 is 3.00 bits per heavy atom. The molecule has 2 heterocycles. The first-order chi connectivity index (χ1) is 9.56. The van der Waals surface area contributed by atoms with E-state index in [0.29, 0.717) is 22.3 Å². The summed E-state index contributed by atoms with van der Waals surface area (Å²) in [6.07, 6.45) is 1.43. The molecule has 3 rings (SSSR count). The van der Waals surface area contributed by atoms with E-state index in [2.05, 4.69) is 5.32 Å². The van der Waals surface area contributed by atoms with Crippen LogP contribution in [0.1, 0.15) is 16.5 Å². The fourth-order valence-corrected chi connectivity index (χ4v) is 3.45. The summed E-state index contributed by atoms with van der Waals surface area (Å²) >= 11 is 1.41. The molecule has 104 valence electrons. The average molecular weight is 291 g/mol. The summed E-state index contributed by atoms with van der Waals surface area (Å²) in [7, 11) is 0.